The van der Waals surface area contributed by atoms with E-state index in [-0.39, 0.29) is 35.1 Å². The third-order valence-electron chi connectivity index (χ3n) is 6.26. The SMILES string of the molecule is CCC(C)[C@H](NC(=O)[C@H]1N2C(=O)c3ccccc3C2SC1(C)C)C(=O)NC1CC1. The van der Waals surface area contributed by atoms with Crippen molar-refractivity contribution in [1.29, 1.82) is 0 Å². The first-order valence-corrected chi connectivity index (χ1v) is 11.3. The van der Waals surface area contributed by atoms with Crippen LogP contribution in [-0.2, 0) is 9.59 Å². The first-order valence-electron chi connectivity index (χ1n) is 10.4. The second-order valence-electron chi connectivity index (χ2n) is 8.93. The lowest BCUT2D eigenvalue weighted by molar-refractivity contribution is -0.133. The molecule has 1 aromatic carbocycles. The normalized spacial score (nSPS) is 26.5. The van der Waals surface area contributed by atoms with Gasteiger partial charge in [0.05, 0.1) is 0 Å². The molecule has 2 unspecified atom stereocenters. The van der Waals surface area contributed by atoms with E-state index in [1.165, 1.54) is 0 Å². The Labute approximate surface area is 176 Å². The first-order chi connectivity index (χ1) is 13.7. The van der Waals surface area contributed by atoms with Crippen molar-refractivity contribution in [3.8, 4) is 0 Å². The molecule has 0 bridgehead atoms. The minimum absolute atomic E-state index is 0.0112. The Morgan fingerprint density at radius 1 is 1.28 bits per heavy atom. The number of rotatable bonds is 6. The Bertz CT molecular complexity index is 851. The fourth-order valence-electron chi connectivity index (χ4n) is 4.26. The van der Waals surface area contributed by atoms with Gasteiger partial charge in [0.1, 0.15) is 17.5 Å². The molecule has 3 aliphatic rings. The molecule has 1 aliphatic carbocycles. The topological polar surface area (TPSA) is 78.5 Å². The number of benzene rings is 1. The largest absolute Gasteiger partial charge is 0.352 e. The van der Waals surface area contributed by atoms with Gasteiger partial charge in [0.2, 0.25) is 11.8 Å². The van der Waals surface area contributed by atoms with E-state index in [2.05, 4.69) is 10.6 Å². The molecule has 2 fully saturated rings. The van der Waals surface area contributed by atoms with E-state index in [4.69, 9.17) is 0 Å². The molecule has 2 N–H and O–H groups in total. The fourth-order valence-corrected chi connectivity index (χ4v) is 5.85. The van der Waals surface area contributed by atoms with E-state index >= 15 is 0 Å². The summed E-state index contributed by atoms with van der Waals surface area (Å²) in [5.41, 5.74) is 1.64. The minimum atomic E-state index is -0.627. The van der Waals surface area contributed by atoms with Crippen molar-refractivity contribution in [2.24, 2.45) is 5.92 Å². The average Bonchev–Trinajstić information content (AvgIpc) is 3.40. The molecule has 2 aliphatic heterocycles. The van der Waals surface area contributed by atoms with Gasteiger partial charge in [0.25, 0.3) is 5.91 Å². The molecular weight excluding hydrogens is 386 g/mol. The molecule has 4 atom stereocenters. The van der Waals surface area contributed by atoms with Crippen molar-refractivity contribution in [3.05, 3.63) is 35.4 Å². The quantitative estimate of drug-likeness (QED) is 0.749. The van der Waals surface area contributed by atoms with Gasteiger partial charge in [-0.25, -0.2) is 0 Å². The summed E-state index contributed by atoms with van der Waals surface area (Å²) in [5.74, 6) is -0.461. The molecule has 1 aromatic rings. The van der Waals surface area contributed by atoms with Crippen LogP contribution in [0.2, 0.25) is 0 Å². The van der Waals surface area contributed by atoms with Crippen molar-refractivity contribution >= 4 is 29.5 Å². The van der Waals surface area contributed by atoms with E-state index in [1.54, 1.807) is 16.7 Å². The molecule has 0 spiro atoms. The molecule has 1 saturated heterocycles. The maximum absolute atomic E-state index is 13.4. The van der Waals surface area contributed by atoms with Gasteiger partial charge in [0.15, 0.2) is 0 Å². The van der Waals surface area contributed by atoms with Gasteiger partial charge in [-0.05, 0) is 44.2 Å². The summed E-state index contributed by atoms with van der Waals surface area (Å²) in [6, 6.07) is 6.59. The molecule has 0 radical (unpaired) electrons. The van der Waals surface area contributed by atoms with Crippen LogP contribution in [0.25, 0.3) is 0 Å². The van der Waals surface area contributed by atoms with Gasteiger partial charge < -0.3 is 15.5 Å². The highest BCUT2D eigenvalue weighted by molar-refractivity contribution is 8.01. The Morgan fingerprint density at radius 2 is 1.97 bits per heavy atom. The Balaban J connectivity index is 1.58. The molecule has 6 nitrogen and oxygen atoms in total. The Hall–Kier alpha value is -2.02. The molecule has 0 aromatic heterocycles. The first kappa shape index (κ1) is 20.3. The molecule has 156 valence electrons. The minimum Gasteiger partial charge on any atom is -0.352 e. The molecular formula is C22H29N3O3S. The van der Waals surface area contributed by atoms with Crippen LogP contribution in [0.1, 0.15) is 68.3 Å². The van der Waals surface area contributed by atoms with Gasteiger partial charge in [-0.15, -0.1) is 11.8 Å². The average molecular weight is 416 g/mol. The van der Waals surface area contributed by atoms with Crippen molar-refractivity contribution in [3.63, 3.8) is 0 Å². The van der Waals surface area contributed by atoms with Crippen molar-refractivity contribution in [1.82, 2.24) is 15.5 Å². The monoisotopic (exact) mass is 415 g/mol. The number of hydrogen-bond donors (Lipinski definition) is 2. The number of hydrogen-bond acceptors (Lipinski definition) is 4. The number of thioether (sulfide) groups is 1. The standard InChI is InChI=1S/C22H29N3O3S/c1-5-12(2)16(18(26)23-13-10-11-13)24-19(27)17-22(3,4)29-21-15-9-7-6-8-14(15)20(28)25(17)21/h6-9,12-13,16-17,21H,5,10-11H2,1-4H3,(H,23,26)(H,24,27)/t12?,16-,17+,21?/m0/s1. The van der Waals surface area contributed by atoms with Crippen LogP contribution in [0.15, 0.2) is 24.3 Å². The van der Waals surface area contributed by atoms with E-state index in [0.29, 0.717) is 5.56 Å². The van der Waals surface area contributed by atoms with Crippen LogP contribution in [0.3, 0.4) is 0 Å². The predicted molar refractivity (Wildman–Crippen MR) is 113 cm³/mol. The van der Waals surface area contributed by atoms with Gasteiger partial charge in [-0.2, -0.15) is 0 Å². The highest BCUT2D eigenvalue weighted by Gasteiger charge is 2.57. The van der Waals surface area contributed by atoms with Gasteiger partial charge in [-0.3, -0.25) is 14.4 Å². The van der Waals surface area contributed by atoms with Crippen molar-refractivity contribution in [2.45, 2.75) is 75.2 Å². The Kier molecular flexibility index (Phi) is 5.13. The van der Waals surface area contributed by atoms with Gasteiger partial charge >= 0.3 is 0 Å². The van der Waals surface area contributed by atoms with Crippen LogP contribution in [0.5, 0.6) is 0 Å². The fraction of sp³-hybridized carbons (Fsp3) is 0.591. The summed E-state index contributed by atoms with van der Waals surface area (Å²) in [6.07, 6.45) is 2.78. The van der Waals surface area contributed by atoms with Crippen LogP contribution in [-0.4, -0.2) is 45.5 Å². The zero-order chi connectivity index (χ0) is 20.9. The molecule has 4 rings (SSSR count). The van der Waals surface area contributed by atoms with Crippen LogP contribution in [0.4, 0.5) is 0 Å². The number of nitrogens with one attached hydrogen (secondary N) is 2. The summed E-state index contributed by atoms with van der Waals surface area (Å²) in [7, 11) is 0. The third-order valence-corrected chi connectivity index (χ3v) is 7.80. The predicted octanol–water partition coefficient (Wildman–Crippen LogP) is 2.84. The summed E-state index contributed by atoms with van der Waals surface area (Å²) in [4.78, 5) is 41.0. The van der Waals surface area contributed by atoms with E-state index in [9.17, 15) is 14.4 Å². The molecule has 2 heterocycles. The van der Waals surface area contributed by atoms with Gasteiger partial charge in [0, 0.05) is 16.4 Å². The second kappa shape index (κ2) is 7.35. The van der Waals surface area contributed by atoms with Crippen LogP contribution < -0.4 is 10.6 Å². The second-order valence-corrected chi connectivity index (χ2v) is 10.7. The number of amides is 3. The zero-order valence-electron chi connectivity index (χ0n) is 17.4. The summed E-state index contributed by atoms with van der Waals surface area (Å²) >= 11 is 1.64. The smallest absolute Gasteiger partial charge is 0.256 e. The van der Waals surface area contributed by atoms with Crippen LogP contribution in [0, 0.1) is 5.92 Å². The lowest BCUT2D eigenvalue weighted by atomic mass is 9.95. The highest BCUT2D eigenvalue weighted by atomic mass is 32.2. The van der Waals surface area contributed by atoms with Crippen molar-refractivity contribution in [2.75, 3.05) is 0 Å². The third kappa shape index (κ3) is 3.54. The van der Waals surface area contributed by atoms with Crippen molar-refractivity contribution < 1.29 is 14.4 Å². The molecule has 29 heavy (non-hydrogen) atoms. The maximum atomic E-state index is 13.4. The lowest BCUT2D eigenvalue weighted by Crippen LogP contribution is -2.58. The Morgan fingerprint density at radius 3 is 2.62 bits per heavy atom. The number of nitrogens with zero attached hydrogens (tertiary/aromatic N) is 1. The lowest BCUT2D eigenvalue weighted by Gasteiger charge is -2.32. The maximum Gasteiger partial charge on any atom is 0.256 e. The molecule has 1 saturated carbocycles. The molecule has 7 heteroatoms. The summed E-state index contributed by atoms with van der Waals surface area (Å²) < 4.78 is -0.453. The van der Waals surface area contributed by atoms with Crippen LogP contribution >= 0.6 is 11.8 Å². The number of fused-ring (bicyclic) bond motifs is 3. The summed E-state index contributed by atoms with van der Waals surface area (Å²) in [5, 5.41) is 5.86. The van der Waals surface area contributed by atoms with E-state index in [1.807, 2.05) is 52.0 Å². The molecule has 3 amide bonds. The highest BCUT2D eigenvalue weighted by Crippen LogP contribution is 2.56. The van der Waals surface area contributed by atoms with E-state index in [0.717, 1.165) is 24.8 Å². The van der Waals surface area contributed by atoms with E-state index < -0.39 is 16.8 Å². The van der Waals surface area contributed by atoms with Gasteiger partial charge in [-0.1, -0.05) is 38.5 Å². The summed E-state index contributed by atoms with van der Waals surface area (Å²) in [6.45, 7) is 7.99. The number of carbonyl (C=O) groups is 3. The number of carbonyl (C=O) groups excluding carboxylic acids is 3. The zero-order valence-corrected chi connectivity index (χ0v) is 18.2.